The number of halogens is 1. The van der Waals surface area contributed by atoms with Crippen LogP contribution in [0.5, 0.6) is 17.2 Å². The highest BCUT2D eigenvalue weighted by Crippen LogP contribution is 2.39. The number of pyridine rings is 2. The number of ether oxygens (including phenoxy) is 3. The number of hydrogen-bond donors (Lipinski definition) is 1. The quantitative estimate of drug-likeness (QED) is 0.166. The smallest absolute Gasteiger partial charge is 0.415 e. The maximum absolute atomic E-state index is 15.2. The fraction of sp³-hybridized carbons (Fsp3) is 0.182. The average molecular weight is 673 g/mol. The number of aromatic nitrogens is 2. The molecule has 47 heavy (non-hydrogen) atoms. The summed E-state index contributed by atoms with van der Waals surface area (Å²) in [4.78, 5) is 39.6. The van der Waals surface area contributed by atoms with E-state index in [9.17, 15) is 9.59 Å². The molecule has 4 heterocycles. The highest BCUT2D eigenvalue weighted by molar-refractivity contribution is 7.80. The van der Waals surface area contributed by atoms with Crippen molar-refractivity contribution in [2.24, 2.45) is 0 Å². The largest absolute Gasteiger partial charge is 0.453 e. The number of likely N-dealkylation sites (N-methyl/N-ethyl adjacent to an activating group) is 1. The summed E-state index contributed by atoms with van der Waals surface area (Å²) in [6, 6.07) is 20.3. The molecule has 1 fully saturated rings. The van der Waals surface area contributed by atoms with E-state index in [0.717, 1.165) is 10.6 Å². The van der Waals surface area contributed by atoms with Crippen molar-refractivity contribution >= 4 is 62.4 Å². The van der Waals surface area contributed by atoms with Gasteiger partial charge in [0.05, 0.1) is 33.6 Å². The Balaban J connectivity index is 1.11. The summed E-state index contributed by atoms with van der Waals surface area (Å²) in [7, 11) is 3.18. The highest BCUT2D eigenvalue weighted by Gasteiger charge is 2.30. The van der Waals surface area contributed by atoms with E-state index in [1.54, 1.807) is 44.6 Å². The molecule has 1 N–H and O–H groups in total. The van der Waals surface area contributed by atoms with Crippen LogP contribution in [0.25, 0.3) is 20.8 Å². The number of thiocarbonyl (C=S) groups is 1. The number of benzene rings is 2. The van der Waals surface area contributed by atoms with E-state index in [1.165, 1.54) is 39.5 Å². The SMILES string of the molecule is COCCN(C)C(=O)Oc1ccc(-c2cc3nccc(Oc4ccc(NC(=O)N5CCN(c6ccccc6)C5=S)cc4F)c3s2)nc1. The molecule has 0 atom stereocenters. The van der Waals surface area contributed by atoms with E-state index >= 15 is 4.39 Å². The van der Waals surface area contributed by atoms with E-state index in [2.05, 4.69) is 15.3 Å². The van der Waals surface area contributed by atoms with Gasteiger partial charge in [-0.05, 0) is 54.7 Å². The molecule has 3 amide bonds. The zero-order chi connectivity index (χ0) is 32.9. The molecule has 3 aromatic heterocycles. The first kappa shape index (κ1) is 31.8. The summed E-state index contributed by atoms with van der Waals surface area (Å²) in [5.74, 6) is 0.0463. The molecule has 1 aliphatic heterocycles. The molecule has 1 saturated heterocycles. The molecule has 240 valence electrons. The number of fused-ring (bicyclic) bond motifs is 1. The molecule has 0 bridgehead atoms. The number of carbonyl (C=O) groups is 2. The normalized spacial score (nSPS) is 12.8. The summed E-state index contributed by atoms with van der Waals surface area (Å²) in [6.45, 7) is 1.76. The van der Waals surface area contributed by atoms with Crippen molar-refractivity contribution in [3.63, 3.8) is 0 Å². The minimum Gasteiger partial charge on any atom is -0.453 e. The van der Waals surface area contributed by atoms with Crippen LogP contribution < -0.4 is 19.7 Å². The summed E-state index contributed by atoms with van der Waals surface area (Å²) >= 11 is 6.91. The molecule has 1 aliphatic rings. The Morgan fingerprint density at radius 1 is 1.04 bits per heavy atom. The van der Waals surface area contributed by atoms with Crippen LogP contribution in [-0.2, 0) is 4.74 Å². The lowest BCUT2D eigenvalue weighted by molar-refractivity contribution is 0.134. The number of nitrogens with one attached hydrogen (secondary N) is 1. The Hall–Kier alpha value is -5.18. The molecule has 14 heteroatoms. The van der Waals surface area contributed by atoms with E-state index in [1.807, 2.05) is 41.3 Å². The predicted octanol–water partition coefficient (Wildman–Crippen LogP) is 7.01. The van der Waals surface area contributed by atoms with Crippen LogP contribution >= 0.6 is 23.6 Å². The van der Waals surface area contributed by atoms with Gasteiger partial charge in [0, 0.05) is 63.5 Å². The summed E-state index contributed by atoms with van der Waals surface area (Å²) in [5.41, 5.74) is 2.45. The number of para-hydroxylation sites is 1. The van der Waals surface area contributed by atoms with E-state index < -0.39 is 17.9 Å². The van der Waals surface area contributed by atoms with Crippen LogP contribution in [-0.4, -0.2) is 77.4 Å². The zero-order valence-electron chi connectivity index (χ0n) is 25.4. The molecule has 0 radical (unpaired) electrons. The second kappa shape index (κ2) is 14.1. The minimum absolute atomic E-state index is 0.0165. The van der Waals surface area contributed by atoms with Gasteiger partial charge in [0.2, 0.25) is 0 Å². The molecule has 11 nitrogen and oxygen atoms in total. The molecular weight excluding hydrogens is 644 g/mol. The zero-order valence-corrected chi connectivity index (χ0v) is 27.0. The van der Waals surface area contributed by atoms with Gasteiger partial charge in [-0.25, -0.2) is 14.0 Å². The van der Waals surface area contributed by atoms with Crippen LogP contribution in [0.4, 0.5) is 25.4 Å². The second-order valence-corrected chi connectivity index (χ2v) is 11.8. The van der Waals surface area contributed by atoms with Crippen molar-refractivity contribution in [2.75, 3.05) is 50.6 Å². The number of thiophene rings is 1. The van der Waals surface area contributed by atoms with Crippen molar-refractivity contribution in [2.45, 2.75) is 0 Å². The number of nitrogens with zero attached hydrogens (tertiary/aromatic N) is 5. The van der Waals surface area contributed by atoms with Crippen molar-refractivity contribution in [1.82, 2.24) is 19.8 Å². The fourth-order valence-electron chi connectivity index (χ4n) is 4.75. The maximum atomic E-state index is 15.2. The first-order valence-electron chi connectivity index (χ1n) is 14.5. The third kappa shape index (κ3) is 7.14. The third-order valence-corrected chi connectivity index (χ3v) is 8.84. The van der Waals surface area contributed by atoms with Crippen molar-refractivity contribution in [1.29, 1.82) is 0 Å². The first-order chi connectivity index (χ1) is 22.8. The number of hydrogen-bond acceptors (Lipinski definition) is 9. The second-order valence-electron chi connectivity index (χ2n) is 10.4. The van der Waals surface area contributed by atoms with Crippen LogP contribution in [0.2, 0.25) is 0 Å². The molecule has 0 aliphatic carbocycles. The van der Waals surface area contributed by atoms with Gasteiger partial charge < -0.3 is 29.3 Å². The first-order valence-corrected chi connectivity index (χ1v) is 15.7. The van der Waals surface area contributed by atoms with Crippen LogP contribution in [0.3, 0.4) is 0 Å². The van der Waals surface area contributed by atoms with Crippen LogP contribution in [0.1, 0.15) is 0 Å². The van der Waals surface area contributed by atoms with Crippen LogP contribution in [0.15, 0.2) is 85.2 Å². The van der Waals surface area contributed by atoms with Crippen molar-refractivity contribution in [3.05, 3.63) is 91.0 Å². The average Bonchev–Trinajstić information content (AvgIpc) is 3.70. The Morgan fingerprint density at radius 3 is 2.62 bits per heavy atom. The van der Waals surface area contributed by atoms with Crippen molar-refractivity contribution in [3.8, 4) is 27.8 Å². The van der Waals surface area contributed by atoms with Gasteiger partial charge in [0.1, 0.15) is 5.75 Å². The van der Waals surface area contributed by atoms with Crippen molar-refractivity contribution < 1.29 is 28.2 Å². The third-order valence-electron chi connectivity index (χ3n) is 7.24. The molecule has 5 aromatic rings. The van der Waals surface area contributed by atoms with Gasteiger partial charge in [0.15, 0.2) is 22.4 Å². The summed E-state index contributed by atoms with van der Waals surface area (Å²) in [5, 5.41) is 3.10. The summed E-state index contributed by atoms with van der Waals surface area (Å²) < 4.78 is 32.3. The monoisotopic (exact) mass is 672 g/mol. The number of rotatable bonds is 9. The molecule has 6 rings (SSSR count). The molecule has 2 aromatic carbocycles. The van der Waals surface area contributed by atoms with E-state index in [-0.39, 0.29) is 11.4 Å². The number of urea groups is 1. The molecule has 0 spiro atoms. The van der Waals surface area contributed by atoms with Gasteiger partial charge in [-0.2, -0.15) is 0 Å². The number of methoxy groups -OCH3 is 1. The lowest BCUT2D eigenvalue weighted by Crippen LogP contribution is -2.38. The number of anilines is 2. The topological polar surface area (TPSA) is 109 Å². The van der Waals surface area contributed by atoms with E-state index in [4.69, 9.17) is 26.4 Å². The Bertz CT molecular complexity index is 1920. The number of amides is 3. The number of carbonyl (C=O) groups excluding carboxylic acids is 2. The fourth-order valence-corrected chi connectivity index (χ4v) is 6.16. The van der Waals surface area contributed by atoms with E-state index in [0.29, 0.717) is 58.8 Å². The highest BCUT2D eigenvalue weighted by atomic mass is 32.1. The maximum Gasteiger partial charge on any atom is 0.415 e. The lowest BCUT2D eigenvalue weighted by atomic mass is 10.2. The standard InChI is InChI=1S/C33H29FN6O5S2/c1-38(16-17-43-2)33(42)44-23-9-10-25(36-20-23)29-19-26-30(47-29)28(12-13-35-26)45-27-11-8-21(18-24(27)34)37-31(41)40-15-14-39(32(40)46)22-6-4-3-5-7-22/h3-13,18-20H,14-17H2,1-2H3,(H,37,41). The minimum atomic E-state index is -0.654. The van der Waals surface area contributed by atoms with Gasteiger partial charge in [0.25, 0.3) is 0 Å². The molecule has 0 unspecified atom stereocenters. The molecular formula is C33H29FN6O5S2. The summed E-state index contributed by atoms with van der Waals surface area (Å²) in [6.07, 6.45) is 2.53. The predicted molar refractivity (Wildman–Crippen MR) is 182 cm³/mol. The Kier molecular flexibility index (Phi) is 9.52. The van der Waals surface area contributed by atoms with Gasteiger partial charge >= 0.3 is 12.1 Å². The van der Waals surface area contributed by atoms with Gasteiger partial charge in [-0.3, -0.25) is 14.9 Å². The Labute approximate surface area is 279 Å². The molecule has 0 saturated carbocycles. The lowest BCUT2D eigenvalue weighted by Gasteiger charge is -2.21. The van der Waals surface area contributed by atoms with Crippen LogP contribution in [0, 0.1) is 5.82 Å². The van der Waals surface area contributed by atoms with Gasteiger partial charge in [-0.1, -0.05) is 18.2 Å². The van der Waals surface area contributed by atoms with Gasteiger partial charge in [-0.15, -0.1) is 11.3 Å². The Morgan fingerprint density at radius 2 is 1.87 bits per heavy atom.